The van der Waals surface area contributed by atoms with Crippen molar-refractivity contribution >= 4 is 72.9 Å². The van der Waals surface area contributed by atoms with E-state index in [1.54, 1.807) is 12.1 Å². The average Bonchev–Trinajstić information content (AvgIpc) is 2.79. The number of hydrogen-bond donors (Lipinski definition) is 2. The first-order valence-electron chi connectivity index (χ1n) is 9.97. The zero-order valence-corrected chi connectivity index (χ0v) is 20.4. The number of anilines is 2. The van der Waals surface area contributed by atoms with E-state index in [0.29, 0.717) is 39.7 Å². The molecule has 32 heavy (non-hydrogen) atoms. The smallest absolute Gasteiger partial charge is 0.261 e. The van der Waals surface area contributed by atoms with Crippen LogP contribution in [-0.2, 0) is 4.74 Å². The zero-order valence-electron chi connectivity index (χ0n) is 17.3. The number of morpholine rings is 1. The van der Waals surface area contributed by atoms with E-state index >= 15 is 0 Å². The fraction of sp³-hybridized carbons (Fsp3) is 0.217. The molecule has 1 amide bonds. The van der Waals surface area contributed by atoms with E-state index < -0.39 is 0 Å². The molecule has 1 heterocycles. The van der Waals surface area contributed by atoms with Gasteiger partial charge >= 0.3 is 0 Å². The fourth-order valence-corrected chi connectivity index (χ4v) is 4.88. The summed E-state index contributed by atoms with van der Waals surface area (Å²) >= 11 is 15.4. The molecule has 0 atom stereocenters. The molecule has 3 aromatic rings. The Balaban J connectivity index is 1.49. The van der Waals surface area contributed by atoms with E-state index in [1.807, 2.05) is 36.4 Å². The minimum absolute atomic E-state index is 0.163. The number of hydrogen-bond acceptors (Lipinski definition) is 5. The van der Waals surface area contributed by atoms with Gasteiger partial charge in [0, 0.05) is 18.8 Å². The molecule has 0 radical (unpaired) electrons. The Morgan fingerprint density at radius 3 is 2.66 bits per heavy atom. The summed E-state index contributed by atoms with van der Waals surface area (Å²) in [6, 6.07) is 15.1. The molecule has 0 spiro atoms. The van der Waals surface area contributed by atoms with Gasteiger partial charge in [-0.15, -0.1) is 0 Å². The van der Waals surface area contributed by atoms with Crippen molar-refractivity contribution in [2.24, 2.45) is 0 Å². The average molecular weight is 535 g/mol. The summed E-state index contributed by atoms with van der Waals surface area (Å²) in [7, 11) is 1.53. The first-order valence-corrected chi connectivity index (χ1v) is 11.6. The molecule has 2 N–H and O–H groups in total. The molecule has 1 aliphatic rings. The Bertz CT molecular complexity index is 1180. The predicted octanol–water partition coefficient (Wildman–Crippen LogP) is 5.23. The lowest BCUT2D eigenvalue weighted by molar-refractivity contribution is 0.0975. The first kappa shape index (κ1) is 22.8. The Kier molecular flexibility index (Phi) is 7.15. The topological polar surface area (TPSA) is 62.8 Å². The van der Waals surface area contributed by atoms with Crippen LogP contribution in [0, 0.1) is 0 Å². The van der Waals surface area contributed by atoms with Crippen LogP contribution in [0.1, 0.15) is 10.4 Å². The second-order valence-electron chi connectivity index (χ2n) is 7.17. The maximum atomic E-state index is 13.0. The van der Waals surface area contributed by atoms with Crippen LogP contribution >= 0.6 is 39.7 Å². The van der Waals surface area contributed by atoms with Gasteiger partial charge in [0.25, 0.3) is 5.91 Å². The number of nitrogens with one attached hydrogen (secondary N) is 2. The van der Waals surface area contributed by atoms with Crippen molar-refractivity contribution in [2.45, 2.75) is 0 Å². The number of amides is 1. The largest absolute Gasteiger partial charge is 0.495 e. The molecular formula is C23H21BrClN3O3S. The molecule has 0 aliphatic carbocycles. The fourth-order valence-electron chi connectivity index (χ4n) is 3.63. The van der Waals surface area contributed by atoms with E-state index in [2.05, 4.69) is 31.5 Å². The molecule has 0 saturated carbocycles. The third-order valence-corrected chi connectivity index (χ3v) is 6.47. The molecule has 4 rings (SSSR count). The third kappa shape index (κ3) is 4.83. The molecule has 1 saturated heterocycles. The molecule has 0 unspecified atom stereocenters. The Labute approximate surface area is 204 Å². The number of thiocarbonyl (C=S) groups is 1. The van der Waals surface area contributed by atoms with Gasteiger partial charge in [-0.2, -0.15) is 0 Å². The molecule has 0 aromatic heterocycles. The molecule has 1 aliphatic heterocycles. The van der Waals surface area contributed by atoms with Crippen LogP contribution in [0.15, 0.2) is 53.0 Å². The summed E-state index contributed by atoms with van der Waals surface area (Å²) < 4.78 is 11.6. The summed E-state index contributed by atoms with van der Waals surface area (Å²) in [5.74, 6) is 0.0729. The van der Waals surface area contributed by atoms with Crippen molar-refractivity contribution in [1.29, 1.82) is 0 Å². The molecule has 0 bridgehead atoms. The number of carbonyl (C=O) groups excluding carboxylic acids is 1. The lowest BCUT2D eigenvalue weighted by Gasteiger charge is -2.29. The summed E-state index contributed by atoms with van der Waals surface area (Å²) in [5.41, 5.74) is 2.01. The van der Waals surface area contributed by atoms with Crippen molar-refractivity contribution in [1.82, 2.24) is 5.32 Å². The lowest BCUT2D eigenvalue weighted by Crippen LogP contribution is -2.36. The van der Waals surface area contributed by atoms with E-state index in [4.69, 9.17) is 33.3 Å². The summed E-state index contributed by atoms with van der Waals surface area (Å²) in [6.45, 7) is 2.95. The third-order valence-electron chi connectivity index (χ3n) is 5.17. The van der Waals surface area contributed by atoms with Gasteiger partial charge in [0.15, 0.2) is 5.11 Å². The molecular weight excluding hydrogens is 514 g/mol. The second kappa shape index (κ2) is 10.0. The second-order valence-corrected chi connectivity index (χ2v) is 8.77. The number of benzene rings is 3. The maximum Gasteiger partial charge on any atom is 0.261 e. The van der Waals surface area contributed by atoms with Crippen LogP contribution in [0.5, 0.6) is 5.75 Å². The van der Waals surface area contributed by atoms with E-state index in [9.17, 15) is 4.79 Å². The Hall–Kier alpha value is -2.39. The SMILES string of the molecule is COc1c(C(=O)NC(=S)Nc2ccc(N3CCOCC3)c(Cl)c2)cc2ccccc2c1Br. The number of ether oxygens (including phenoxy) is 2. The number of rotatable bonds is 4. The Morgan fingerprint density at radius 1 is 1.19 bits per heavy atom. The van der Waals surface area contributed by atoms with Crippen molar-refractivity contribution in [2.75, 3.05) is 43.6 Å². The number of methoxy groups -OCH3 is 1. The molecule has 3 aromatic carbocycles. The summed E-state index contributed by atoms with van der Waals surface area (Å²) in [4.78, 5) is 15.1. The molecule has 6 nitrogen and oxygen atoms in total. The lowest BCUT2D eigenvalue weighted by atomic mass is 10.1. The highest BCUT2D eigenvalue weighted by atomic mass is 79.9. The van der Waals surface area contributed by atoms with Crippen LogP contribution in [-0.4, -0.2) is 44.4 Å². The van der Waals surface area contributed by atoms with E-state index in [-0.39, 0.29) is 11.0 Å². The van der Waals surface area contributed by atoms with Crippen molar-refractivity contribution in [3.8, 4) is 5.75 Å². The van der Waals surface area contributed by atoms with Crippen LogP contribution in [0.3, 0.4) is 0 Å². The summed E-state index contributed by atoms with van der Waals surface area (Å²) in [6.07, 6.45) is 0. The number of fused-ring (bicyclic) bond motifs is 1. The van der Waals surface area contributed by atoms with E-state index in [1.165, 1.54) is 7.11 Å². The quantitative estimate of drug-likeness (QED) is 0.447. The van der Waals surface area contributed by atoms with Gasteiger partial charge < -0.3 is 19.7 Å². The van der Waals surface area contributed by atoms with Gasteiger partial charge in [-0.1, -0.05) is 35.9 Å². The van der Waals surface area contributed by atoms with Gasteiger partial charge in [0.1, 0.15) is 5.75 Å². The highest BCUT2D eigenvalue weighted by Crippen LogP contribution is 2.36. The Morgan fingerprint density at radius 2 is 1.94 bits per heavy atom. The van der Waals surface area contributed by atoms with Gasteiger partial charge in [-0.25, -0.2) is 0 Å². The van der Waals surface area contributed by atoms with E-state index in [0.717, 1.165) is 29.5 Å². The van der Waals surface area contributed by atoms with Crippen molar-refractivity contribution in [3.63, 3.8) is 0 Å². The van der Waals surface area contributed by atoms with Crippen molar-refractivity contribution in [3.05, 3.63) is 63.6 Å². The number of carbonyl (C=O) groups is 1. The monoisotopic (exact) mass is 533 g/mol. The molecule has 166 valence electrons. The molecule has 9 heteroatoms. The van der Waals surface area contributed by atoms with Crippen LogP contribution < -0.4 is 20.3 Å². The number of halogens is 2. The van der Waals surface area contributed by atoms with Crippen LogP contribution in [0.2, 0.25) is 5.02 Å². The zero-order chi connectivity index (χ0) is 22.7. The first-order chi connectivity index (χ1) is 15.5. The highest BCUT2D eigenvalue weighted by molar-refractivity contribution is 9.10. The minimum atomic E-state index is -0.373. The molecule has 1 fully saturated rings. The van der Waals surface area contributed by atoms with Gasteiger partial charge in [0.05, 0.1) is 41.1 Å². The van der Waals surface area contributed by atoms with Crippen molar-refractivity contribution < 1.29 is 14.3 Å². The van der Waals surface area contributed by atoms with Gasteiger partial charge in [-0.05, 0) is 63.2 Å². The standard InChI is InChI=1S/C23H21BrClN3O3S/c1-30-21-17(12-14-4-2-3-5-16(14)20(21)24)22(29)27-23(32)26-15-6-7-19(18(25)13-15)28-8-10-31-11-9-28/h2-7,12-13H,8-11H2,1H3,(H2,26,27,29,32). The van der Waals surface area contributed by atoms with Crippen LogP contribution in [0.25, 0.3) is 10.8 Å². The van der Waals surface area contributed by atoms with Crippen LogP contribution in [0.4, 0.5) is 11.4 Å². The van der Waals surface area contributed by atoms with Gasteiger partial charge in [0.2, 0.25) is 0 Å². The normalized spacial score (nSPS) is 13.7. The maximum absolute atomic E-state index is 13.0. The predicted molar refractivity (Wildman–Crippen MR) is 136 cm³/mol. The summed E-state index contributed by atoms with van der Waals surface area (Å²) in [5, 5.41) is 8.37. The highest BCUT2D eigenvalue weighted by Gasteiger charge is 2.19. The van der Waals surface area contributed by atoms with Gasteiger partial charge in [-0.3, -0.25) is 10.1 Å². The minimum Gasteiger partial charge on any atom is -0.495 e. The number of nitrogens with zero attached hydrogens (tertiary/aromatic N) is 1.